The van der Waals surface area contributed by atoms with Gasteiger partial charge in [-0.05, 0) is 31.9 Å². The average Bonchev–Trinajstić information content (AvgIpc) is 2.90. The summed E-state index contributed by atoms with van der Waals surface area (Å²) in [6, 6.07) is 3.66. The fraction of sp³-hybridized carbons (Fsp3) is 0.667. The van der Waals surface area contributed by atoms with Gasteiger partial charge in [-0.15, -0.1) is 0 Å². The molecule has 1 fully saturated rings. The topological polar surface area (TPSA) is 42.6 Å². The van der Waals surface area contributed by atoms with Crippen LogP contribution in [0.15, 0.2) is 16.5 Å². The van der Waals surface area contributed by atoms with Gasteiger partial charge in [-0.1, -0.05) is 13.8 Å². The molecule has 1 aromatic heterocycles. The van der Waals surface area contributed by atoms with Crippen molar-refractivity contribution in [1.82, 2.24) is 0 Å². The Kier molecular flexibility index (Phi) is 4.85. The predicted molar refractivity (Wildman–Crippen MR) is 58.7 cm³/mol. The quantitative estimate of drug-likeness (QED) is 0.819. The minimum atomic E-state index is -0.601. The monoisotopic (exact) mass is 212 g/mol. The third kappa shape index (κ3) is 3.08. The Morgan fingerprint density at radius 2 is 2.13 bits per heavy atom. The lowest BCUT2D eigenvalue weighted by Gasteiger charge is -2.14. The Morgan fingerprint density at radius 3 is 2.60 bits per heavy atom. The molecule has 2 unspecified atom stereocenters. The first-order valence-electron chi connectivity index (χ1n) is 5.63. The van der Waals surface area contributed by atoms with Gasteiger partial charge >= 0.3 is 0 Å². The highest BCUT2D eigenvalue weighted by Crippen LogP contribution is 2.27. The third-order valence-corrected chi connectivity index (χ3v) is 2.37. The molecule has 86 valence electrons. The largest absolute Gasteiger partial charge is 0.464 e. The van der Waals surface area contributed by atoms with Crippen molar-refractivity contribution in [1.29, 1.82) is 0 Å². The van der Waals surface area contributed by atoms with Gasteiger partial charge in [-0.3, -0.25) is 0 Å². The van der Waals surface area contributed by atoms with Gasteiger partial charge in [0.2, 0.25) is 0 Å². The Labute approximate surface area is 91.1 Å². The average molecular weight is 212 g/mol. The van der Waals surface area contributed by atoms with E-state index in [4.69, 9.17) is 9.15 Å². The lowest BCUT2D eigenvalue weighted by molar-refractivity contribution is -0.0134. The molecule has 2 atom stereocenters. The summed E-state index contributed by atoms with van der Waals surface area (Å²) >= 11 is 0. The van der Waals surface area contributed by atoms with Crippen molar-refractivity contribution in [3.63, 3.8) is 0 Å². The number of rotatable bonds is 2. The van der Waals surface area contributed by atoms with Crippen molar-refractivity contribution in [2.45, 2.75) is 45.8 Å². The van der Waals surface area contributed by atoms with E-state index in [0.29, 0.717) is 5.76 Å². The molecule has 1 aliphatic heterocycles. The zero-order valence-electron chi connectivity index (χ0n) is 9.69. The second-order valence-corrected chi connectivity index (χ2v) is 3.44. The lowest BCUT2D eigenvalue weighted by atomic mass is 10.1. The second-order valence-electron chi connectivity index (χ2n) is 3.44. The maximum absolute atomic E-state index is 9.81. The van der Waals surface area contributed by atoms with Crippen LogP contribution in [0.2, 0.25) is 0 Å². The van der Waals surface area contributed by atoms with Crippen LogP contribution < -0.4 is 0 Å². The molecule has 2 rings (SSSR count). The van der Waals surface area contributed by atoms with E-state index in [2.05, 4.69) is 0 Å². The van der Waals surface area contributed by atoms with E-state index in [1.54, 1.807) is 0 Å². The number of hydrogen-bond acceptors (Lipinski definition) is 3. The standard InChI is InChI=1S/C10H14O3.C2H6/c1-7-4-5-9(13-7)10(11)8-3-2-6-12-8;1-2/h4-5,8,10-11H,2-3,6H2,1H3;1-2H3. The number of aliphatic hydroxyl groups is 1. The van der Waals surface area contributed by atoms with Crippen LogP contribution in [0.5, 0.6) is 0 Å². The maximum Gasteiger partial charge on any atom is 0.138 e. The van der Waals surface area contributed by atoms with Gasteiger partial charge in [0.25, 0.3) is 0 Å². The van der Waals surface area contributed by atoms with Gasteiger partial charge in [0.05, 0.1) is 6.10 Å². The number of furan rings is 1. The fourth-order valence-electron chi connectivity index (χ4n) is 1.65. The van der Waals surface area contributed by atoms with Crippen LogP contribution in [-0.2, 0) is 4.74 Å². The molecule has 3 nitrogen and oxygen atoms in total. The first kappa shape index (κ1) is 12.3. The molecule has 15 heavy (non-hydrogen) atoms. The van der Waals surface area contributed by atoms with Crippen LogP contribution >= 0.6 is 0 Å². The SMILES string of the molecule is CC.Cc1ccc(C(O)C2CCCO2)o1. The van der Waals surface area contributed by atoms with E-state index < -0.39 is 6.10 Å². The molecule has 1 aromatic rings. The van der Waals surface area contributed by atoms with Gasteiger partial charge in [-0.25, -0.2) is 0 Å². The second kappa shape index (κ2) is 5.93. The molecule has 1 saturated heterocycles. The summed E-state index contributed by atoms with van der Waals surface area (Å²) in [5, 5.41) is 9.81. The van der Waals surface area contributed by atoms with Crippen molar-refractivity contribution in [2.75, 3.05) is 6.61 Å². The van der Waals surface area contributed by atoms with Crippen LogP contribution in [0.4, 0.5) is 0 Å². The molecule has 3 heteroatoms. The van der Waals surface area contributed by atoms with Crippen LogP contribution in [-0.4, -0.2) is 17.8 Å². The number of aryl methyl sites for hydroxylation is 1. The van der Waals surface area contributed by atoms with Crippen molar-refractivity contribution in [3.05, 3.63) is 23.7 Å². The lowest BCUT2D eigenvalue weighted by Crippen LogP contribution is -2.16. The van der Waals surface area contributed by atoms with Crippen LogP contribution in [0.3, 0.4) is 0 Å². The normalized spacial score (nSPS) is 22.0. The van der Waals surface area contributed by atoms with Crippen molar-refractivity contribution >= 4 is 0 Å². The van der Waals surface area contributed by atoms with Gasteiger partial charge in [-0.2, -0.15) is 0 Å². The van der Waals surface area contributed by atoms with E-state index in [-0.39, 0.29) is 6.10 Å². The molecule has 1 N–H and O–H groups in total. The minimum absolute atomic E-state index is 0.0782. The van der Waals surface area contributed by atoms with Gasteiger partial charge in [0.15, 0.2) is 0 Å². The Hall–Kier alpha value is -0.800. The molecule has 0 radical (unpaired) electrons. The first-order chi connectivity index (χ1) is 7.27. The molecular weight excluding hydrogens is 192 g/mol. The van der Waals surface area contributed by atoms with Gasteiger partial charge < -0.3 is 14.3 Å². The zero-order chi connectivity index (χ0) is 11.3. The van der Waals surface area contributed by atoms with E-state index in [1.165, 1.54) is 0 Å². The van der Waals surface area contributed by atoms with Crippen LogP contribution in [0.1, 0.15) is 44.3 Å². The van der Waals surface area contributed by atoms with E-state index >= 15 is 0 Å². The molecule has 0 spiro atoms. The predicted octanol–water partition coefficient (Wildman–Crippen LogP) is 2.83. The summed E-state index contributed by atoms with van der Waals surface area (Å²) in [6.45, 7) is 6.62. The molecule has 0 bridgehead atoms. The summed E-state index contributed by atoms with van der Waals surface area (Å²) in [6.07, 6.45) is 1.27. The third-order valence-electron chi connectivity index (χ3n) is 2.37. The summed E-state index contributed by atoms with van der Waals surface area (Å²) < 4.78 is 10.7. The van der Waals surface area contributed by atoms with Crippen LogP contribution in [0, 0.1) is 6.92 Å². The van der Waals surface area contributed by atoms with Gasteiger partial charge in [0, 0.05) is 6.61 Å². The molecular formula is C12H20O3. The highest BCUT2D eigenvalue weighted by atomic mass is 16.5. The molecule has 0 saturated carbocycles. The van der Waals surface area contributed by atoms with E-state index in [9.17, 15) is 5.11 Å². The first-order valence-corrected chi connectivity index (χ1v) is 5.63. The number of aliphatic hydroxyl groups excluding tert-OH is 1. The molecule has 1 aliphatic rings. The van der Waals surface area contributed by atoms with E-state index in [1.807, 2.05) is 32.9 Å². The summed E-state index contributed by atoms with van der Waals surface area (Å²) in [5.74, 6) is 1.44. The maximum atomic E-state index is 9.81. The van der Waals surface area contributed by atoms with Crippen molar-refractivity contribution < 1.29 is 14.3 Å². The highest BCUT2D eigenvalue weighted by Gasteiger charge is 2.27. The summed E-state index contributed by atoms with van der Waals surface area (Å²) in [5.41, 5.74) is 0. The zero-order valence-corrected chi connectivity index (χ0v) is 9.69. The molecule has 2 heterocycles. The number of hydrogen-bond donors (Lipinski definition) is 1. The molecule has 0 aromatic carbocycles. The Balaban J connectivity index is 0.000000531. The molecule has 0 aliphatic carbocycles. The van der Waals surface area contributed by atoms with Crippen molar-refractivity contribution in [2.24, 2.45) is 0 Å². The smallest absolute Gasteiger partial charge is 0.138 e. The highest BCUT2D eigenvalue weighted by molar-refractivity contribution is 5.09. The van der Waals surface area contributed by atoms with E-state index in [0.717, 1.165) is 25.2 Å². The van der Waals surface area contributed by atoms with Crippen molar-refractivity contribution in [3.8, 4) is 0 Å². The Bertz CT molecular complexity index is 274. The number of ether oxygens (including phenoxy) is 1. The van der Waals surface area contributed by atoms with Crippen LogP contribution in [0.25, 0.3) is 0 Å². The minimum Gasteiger partial charge on any atom is -0.464 e. The Morgan fingerprint density at radius 1 is 1.40 bits per heavy atom. The summed E-state index contributed by atoms with van der Waals surface area (Å²) in [4.78, 5) is 0. The van der Waals surface area contributed by atoms with Gasteiger partial charge in [0.1, 0.15) is 17.6 Å². The fourth-order valence-corrected chi connectivity index (χ4v) is 1.65. The molecule has 0 amide bonds. The summed E-state index contributed by atoms with van der Waals surface area (Å²) in [7, 11) is 0.